The molecule has 1 aliphatic heterocycles. The fourth-order valence-electron chi connectivity index (χ4n) is 4.61. The zero-order chi connectivity index (χ0) is 26.8. The van der Waals surface area contributed by atoms with Crippen molar-refractivity contribution in [2.75, 3.05) is 22.1 Å². The second-order valence-electron chi connectivity index (χ2n) is 8.86. The van der Waals surface area contributed by atoms with Gasteiger partial charge in [-0.05, 0) is 54.8 Å². The van der Waals surface area contributed by atoms with Gasteiger partial charge >= 0.3 is 0 Å². The van der Waals surface area contributed by atoms with Gasteiger partial charge in [0.1, 0.15) is 11.4 Å². The molecule has 1 aliphatic rings. The van der Waals surface area contributed by atoms with E-state index < -0.39 is 23.5 Å². The van der Waals surface area contributed by atoms with Gasteiger partial charge in [0.15, 0.2) is 16.8 Å². The van der Waals surface area contributed by atoms with Crippen LogP contribution in [0.5, 0.6) is 0 Å². The summed E-state index contributed by atoms with van der Waals surface area (Å²) in [7, 11) is 0. The summed E-state index contributed by atoms with van der Waals surface area (Å²) in [4.78, 5) is 33.9. The van der Waals surface area contributed by atoms with Crippen molar-refractivity contribution in [3.63, 3.8) is 0 Å². The minimum Gasteiger partial charge on any atom is -0.358 e. The van der Waals surface area contributed by atoms with Crippen molar-refractivity contribution in [3.8, 4) is 0 Å². The smallest absolute Gasteiger partial charge is 0.274 e. The van der Waals surface area contributed by atoms with E-state index >= 15 is 0 Å². The Bertz CT molecular complexity index is 1480. The summed E-state index contributed by atoms with van der Waals surface area (Å²) in [5.41, 5.74) is 1.49. The molecule has 0 saturated carbocycles. The third kappa shape index (κ3) is 5.40. The second kappa shape index (κ2) is 10.7. The molecule has 38 heavy (non-hydrogen) atoms. The van der Waals surface area contributed by atoms with Crippen LogP contribution < -0.4 is 15.5 Å². The van der Waals surface area contributed by atoms with Crippen molar-refractivity contribution >= 4 is 39.7 Å². The zero-order valence-corrected chi connectivity index (χ0v) is 21.1. The highest BCUT2D eigenvalue weighted by atomic mass is 32.1. The number of anilines is 3. The van der Waals surface area contributed by atoms with Gasteiger partial charge in [0, 0.05) is 43.5 Å². The van der Waals surface area contributed by atoms with E-state index in [4.69, 9.17) is 0 Å². The Morgan fingerprint density at radius 1 is 1.13 bits per heavy atom. The molecule has 0 aliphatic carbocycles. The Balaban J connectivity index is 1.31. The maximum Gasteiger partial charge on any atom is 0.274 e. The van der Waals surface area contributed by atoms with Gasteiger partial charge in [0.25, 0.3) is 5.91 Å². The molecular weight excluding hydrogens is 517 g/mol. The maximum absolute atomic E-state index is 14.9. The molecule has 12 heteroatoms. The molecule has 8 nitrogen and oxygen atoms in total. The average molecular weight is 541 g/mol. The highest BCUT2D eigenvalue weighted by Gasteiger charge is 2.32. The zero-order valence-electron chi connectivity index (χ0n) is 20.2. The van der Waals surface area contributed by atoms with Gasteiger partial charge < -0.3 is 14.8 Å². The van der Waals surface area contributed by atoms with Crippen LogP contribution in [0.15, 0.2) is 54.2 Å². The Labute approximate surface area is 220 Å². The molecular formula is C26H23F3N6O2S. The highest BCUT2D eigenvalue weighted by molar-refractivity contribution is 7.14. The molecule has 196 valence electrons. The van der Waals surface area contributed by atoms with E-state index in [1.807, 2.05) is 0 Å². The molecule has 5 rings (SSSR count). The number of hydrogen-bond donors (Lipinski definition) is 2. The topological polar surface area (TPSA) is 92.2 Å². The number of carbonyl (C=O) groups excluding carboxylic acids is 2. The average Bonchev–Trinajstić information content (AvgIpc) is 3.59. The molecule has 2 amide bonds. The third-order valence-electron chi connectivity index (χ3n) is 6.17. The van der Waals surface area contributed by atoms with Crippen LogP contribution in [0.1, 0.15) is 47.6 Å². The van der Waals surface area contributed by atoms with Crippen LogP contribution in [-0.4, -0.2) is 32.9 Å². The van der Waals surface area contributed by atoms with Gasteiger partial charge in [0.2, 0.25) is 11.9 Å². The number of amides is 2. The first-order valence-electron chi connectivity index (χ1n) is 11.8. The van der Waals surface area contributed by atoms with E-state index in [0.717, 1.165) is 12.1 Å². The van der Waals surface area contributed by atoms with Crippen LogP contribution in [0.4, 0.5) is 29.7 Å². The summed E-state index contributed by atoms with van der Waals surface area (Å²) in [6, 6.07) is 8.16. The largest absolute Gasteiger partial charge is 0.358 e. The number of nitrogens with zero attached hydrogens (tertiary/aromatic N) is 4. The van der Waals surface area contributed by atoms with Crippen molar-refractivity contribution in [2.24, 2.45) is 0 Å². The molecule has 1 atom stereocenters. The molecule has 1 saturated heterocycles. The first kappa shape index (κ1) is 25.5. The van der Waals surface area contributed by atoms with Crippen molar-refractivity contribution in [1.29, 1.82) is 0 Å². The minimum absolute atomic E-state index is 0.0458. The summed E-state index contributed by atoms with van der Waals surface area (Å²) < 4.78 is 45.0. The molecule has 1 unspecified atom stereocenters. The molecule has 2 N–H and O–H groups in total. The maximum atomic E-state index is 14.9. The second-order valence-corrected chi connectivity index (χ2v) is 9.72. The van der Waals surface area contributed by atoms with Gasteiger partial charge in [-0.2, -0.15) is 4.39 Å². The number of hydrogen-bond acceptors (Lipinski definition) is 6. The molecule has 4 heterocycles. The first-order chi connectivity index (χ1) is 18.3. The van der Waals surface area contributed by atoms with Gasteiger partial charge in [-0.15, -0.1) is 11.3 Å². The van der Waals surface area contributed by atoms with Gasteiger partial charge in [-0.25, -0.2) is 18.7 Å². The van der Waals surface area contributed by atoms with Crippen molar-refractivity contribution in [2.45, 2.75) is 32.4 Å². The standard InChI is InChI=1S/C26H23F3N6O2S/c1-15(36)31-17-11-18(27)24(19(28)12-17)35-9-3-4-21(35)20-14-38-26(32-20)33-25(37)22-5-2-8-34(22)13-16-6-7-30-23(29)10-16/h2,5-8,10-12,14,21H,3-4,9,13H2,1H3,(H,31,36)(H,32,33,37). The lowest BCUT2D eigenvalue weighted by atomic mass is 10.1. The van der Waals surface area contributed by atoms with Gasteiger partial charge in [-0.1, -0.05) is 0 Å². The number of thiazole rings is 1. The lowest BCUT2D eigenvalue weighted by molar-refractivity contribution is -0.114. The number of carbonyl (C=O) groups is 2. The number of aromatic nitrogens is 3. The summed E-state index contributed by atoms with van der Waals surface area (Å²) in [6.45, 7) is 1.98. The molecule has 4 aromatic rings. The van der Waals surface area contributed by atoms with E-state index in [0.29, 0.717) is 41.5 Å². The van der Waals surface area contributed by atoms with E-state index in [1.165, 1.54) is 30.5 Å². The summed E-state index contributed by atoms with van der Waals surface area (Å²) in [6.07, 6.45) is 4.43. The quantitative estimate of drug-likeness (QED) is 0.308. The molecule has 0 radical (unpaired) electrons. The van der Waals surface area contributed by atoms with E-state index in [9.17, 15) is 22.8 Å². The lowest BCUT2D eigenvalue weighted by Crippen LogP contribution is -2.25. The number of nitrogens with one attached hydrogen (secondary N) is 2. The summed E-state index contributed by atoms with van der Waals surface area (Å²) in [5, 5.41) is 7.29. The fourth-order valence-corrected chi connectivity index (χ4v) is 5.36. The van der Waals surface area contributed by atoms with Crippen LogP contribution in [0.25, 0.3) is 0 Å². The van der Waals surface area contributed by atoms with Crippen LogP contribution >= 0.6 is 11.3 Å². The van der Waals surface area contributed by atoms with Gasteiger partial charge in [-0.3, -0.25) is 14.9 Å². The SMILES string of the molecule is CC(=O)Nc1cc(F)c(N2CCCC2c2csc(NC(=O)c3cccn3Cc3ccnc(F)c3)n2)c(F)c1. The number of rotatable bonds is 7. The Hall–Kier alpha value is -4.19. The van der Waals surface area contributed by atoms with Crippen molar-refractivity contribution < 1.29 is 22.8 Å². The summed E-state index contributed by atoms with van der Waals surface area (Å²) in [5.74, 6) is -2.97. The van der Waals surface area contributed by atoms with Gasteiger partial charge in [0.05, 0.1) is 11.7 Å². The normalized spacial score (nSPS) is 15.1. The Kier molecular flexibility index (Phi) is 7.14. The Morgan fingerprint density at radius 3 is 2.66 bits per heavy atom. The van der Waals surface area contributed by atoms with Crippen LogP contribution in [0.2, 0.25) is 0 Å². The Morgan fingerprint density at radius 2 is 1.92 bits per heavy atom. The van der Waals surface area contributed by atoms with Crippen LogP contribution in [0.3, 0.4) is 0 Å². The van der Waals surface area contributed by atoms with Crippen LogP contribution in [0, 0.1) is 17.6 Å². The van der Waals surface area contributed by atoms with Crippen LogP contribution in [-0.2, 0) is 11.3 Å². The highest BCUT2D eigenvalue weighted by Crippen LogP contribution is 2.40. The number of benzene rings is 1. The van der Waals surface area contributed by atoms with Crippen molar-refractivity contribution in [3.05, 3.63) is 88.7 Å². The molecule has 1 fully saturated rings. The lowest BCUT2D eigenvalue weighted by Gasteiger charge is -2.26. The predicted molar refractivity (Wildman–Crippen MR) is 138 cm³/mol. The molecule has 0 bridgehead atoms. The summed E-state index contributed by atoms with van der Waals surface area (Å²) >= 11 is 1.22. The third-order valence-corrected chi connectivity index (χ3v) is 6.94. The van der Waals surface area contributed by atoms with E-state index in [1.54, 1.807) is 39.2 Å². The predicted octanol–water partition coefficient (Wildman–Crippen LogP) is 5.36. The first-order valence-corrected chi connectivity index (χ1v) is 12.7. The van der Waals surface area contributed by atoms with E-state index in [-0.39, 0.29) is 29.9 Å². The monoisotopic (exact) mass is 540 g/mol. The molecule has 1 aromatic carbocycles. The number of halogens is 3. The van der Waals surface area contributed by atoms with E-state index in [2.05, 4.69) is 20.6 Å². The molecule has 0 spiro atoms. The fraction of sp³-hybridized carbons (Fsp3) is 0.231. The number of pyridine rings is 1. The minimum atomic E-state index is -0.778. The molecule has 3 aromatic heterocycles. The van der Waals surface area contributed by atoms with Crippen molar-refractivity contribution in [1.82, 2.24) is 14.5 Å².